The number of ether oxygens (including phenoxy) is 1. The first-order valence-electron chi connectivity index (χ1n) is 9.56. The number of hydrogen-bond donors (Lipinski definition) is 1. The van der Waals surface area contributed by atoms with E-state index in [4.69, 9.17) is 16.3 Å². The maximum Gasteiger partial charge on any atom is 0.282 e. The van der Waals surface area contributed by atoms with Crippen LogP contribution in [0.2, 0.25) is 5.02 Å². The number of carbonyl (C=O) groups is 2. The lowest BCUT2D eigenvalue weighted by molar-refractivity contribution is -0.120. The summed E-state index contributed by atoms with van der Waals surface area (Å²) in [5.74, 6) is -2.72. The Bertz CT molecular complexity index is 1270. The van der Waals surface area contributed by atoms with E-state index < -0.39 is 29.1 Å². The molecule has 3 aromatic rings. The van der Waals surface area contributed by atoms with Crippen LogP contribution in [0.3, 0.4) is 0 Å². The van der Waals surface area contributed by atoms with Gasteiger partial charge in [-0.05, 0) is 54.4 Å². The summed E-state index contributed by atoms with van der Waals surface area (Å²) in [5, 5.41) is 3.44. The van der Waals surface area contributed by atoms with Crippen molar-refractivity contribution in [3.63, 3.8) is 0 Å². The van der Waals surface area contributed by atoms with E-state index in [0.717, 1.165) is 18.2 Å². The number of nitrogens with zero attached hydrogens (tertiary/aromatic N) is 1. The first-order chi connectivity index (χ1) is 15.3. The van der Waals surface area contributed by atoms with Gasteiger partial charge in [0, 0.05) is 16.8 Å². The van der Waals surface area contributed by atoms with E-state index in [-0.39, 0.29) is 11.3 Å². The fourth-order valence-electron chi connectivity index (χ4n) is 3.42. The molecule has 0 bridgehead atoms. The van der Waals surface area contributed by atoms with Crippen LogP contribution in [-0.2, 0) is 9.59 Å². The van der Waals surface area contributed by atoms with Crippen LogP contribution in [0.4, 0.5) is 20.2 Å². The van der Waals surface area contributed by atoms with Gasteiger partial charge in [-0.3, -0.25) is 9.59 Å². The van der Waals surface area contributed by atoms with Gasteiger partial charge in [-0.25, -0.2) is 13.7 Å². The molecule has 162 valence electrons. The highest BCUT2D eigenvalue weighted by molar-refractivity contribution is 6.46. The molecule has 1 N–H and O–H groups in total. The zero-order valence-electron chi connectivity index (χ0n) is 17.1. The highest BCUT2D eigenvalue weighted by Gasteiger charge is 2.41. The molecule has 32 heavy (non-hydrogen) atoms. The summed E-state index contributed by atoms with van der Waals surface area (Å²) >= 11 is 6.19. The fraction of sp³-hybridized carbons (Fsp3) is 0.0833. The predicted octanol–water partition coefficient (Wildman–Crippen LogP) is 5.33. The SMILES string of the molecule is COc1ccc(C2=C(Nc3cccc(Cl)c3C)C(=O)N(c3cc(F)ccc3F)C2=O)cc1. The van der Waals surface area contributed by atoms with Crippen LogP contribution in [0.5, 0.6) is 5.75 Å². The molecule has 0 radical (unpaired) electrons. The van der Waals surface area contributed by atoms with Crippen LogP contribution in [0.25, 0.3) is 5.57 Å². The molecule has 8 heteroatoms. The van der Waals surface area contributed by atoms with Gasteiger partial charge in [0.15, 0.2) is 0 Å². The molecule has 0 spiro atoms. The Labute approximate surface area is 187 Å². The molecular formula is C24H17ClF2N2O3. The van der Waals surface area contributed by atoms with Crippen LogP contribution in [0.1, 0.15) is 11.1 Å². The molecule has 3 aromatic carbocycles. The van der Waals surface area contributed by atoms with Gasteiger partial charge in [0.25, 0.3) is 11.8 Å². The van der Waals surface area contributed by atoms with E-state index in [1.54, 1.807) is 49.4 Å². The minimum Gasteiger partial charge on any atom is -0.497 e. The summed E-state index contributed by atoms with van der Waals surface area (Å²) in [6, 6.07) is 14.2. The molecule has 1 aliphatic rings. The van der Waals surface area contributed by atoms with Crippen molar-refractivity contribution >= 4 is 40.4 Å². The van der Waals surface area contributed by atoms with Gasteiger partial charge in [0.05, 0.1) is 18.4 Å². The monoisotopic (exact) mass is 454 g/mol. The number of methoxy groups -OCH3 is 1. The summed E-state index contributed by atoms with van der Waals surface area (Å²) in [6.07, 6.45) is 0. The molecule has 2 amide bonds. The number of nitrogens with one attached hydrogen (secondary N) is 1. The Balaban J connectivity index is 1.87. The van der Waals surface area contributed by atoms with Gasteiger partial charge in [0.2, 0.25) is 0 Å². The third kappa shape index (κ3) is 3.71. The number of amides is 2. The summed E-state index contributed by atoms with van der Waals surface area (Å²) in [6.45, 7) is 1.75. The molecule has 0 atom stereocenters. The van der Waals surface area contributed by atoms with Gasteiger partial charge in [-0.15, -0.1) is 0 Å². The van der Waals surface area contributed by atoms with E-state index in [2.05, 4.69) is 5.32 Å². The minimum atomic E-state index is -0.901. The third-order valence-electron chi connectivity index (χ3n) is 5.14. The lowest BCUT2D eigenvalue weighted by Gasteiger charge is -2.16. The third-order valence-corrected chi connectivity index (χ3v) is 5.55. The van der Waals surface area contributed by atoms with Crippen molar-refractivity contribution < 1.29 is 23.1 Å². The van der Waals surface area contributed by atoms with Crippen molar-refractivity contribution in [3.05, 3.63) is 94.1 Å². The quantitative estimate of drug-likeness (QED) is 0.529. The highest BCUT2D eigenvalue weighted by Crippen LogP contribution is 2.36. The van der Waals surface area contributed by atoms with Crippen LogP contribution in [-0.4, -0.2) is 18.9 Å². The molecule has 0 aromatic heterocycles. The summed E-state index contributed by atoms with van der Waals surface area (Å²) in [5.41, 5.74) is 1.04. The standard InChI is InChI=1S/C24H17ClF2N2O3/c1-13-17(25)4-3-5-19(13)28-22-21(14-6-9-16(32-2)10-7-14)23(30)29(24(22)31)20-12-15(26)8-11-18(20)27/h3-12,28H,1-2H3. The van der Waals surface area contributed by atoms with E-state index in [0.29, 0.717) is 32.5 Å². The largest absolute Gasteiger partial charge is 0.497 e. The van der Waals surface area contributed by atoms with Crippen molar-refractivity contribution in [2.75, 3.05) is 17.3 Å². The Morgan fingerprint density at radius 2 is 1.69 bits per heavy atom. The van der Waals surface area contributed by atoms with Crippen molar-refractivity contribution in [1.29, 1.82) is 0 Å². The van der Waals surface area contributed by atoms with Crippen molar-refractivity contribution in [2.24, 2.45) is 0 Å². The number of carbonyl (C=O) groups excluding carboxylic acids is 2. The zero-order valence-corrected chi connectivity index (χ0v) is 17.8. The molecule has 0 unspecified atom stereocenters. The maximum atomic E-state index is 14.5. The Hall–Kier alpha value is -3.71. The topological polar surface area (TPSA) is 58.6 Å². The molecular weight excluding hydrogens is 438 g/mol. The van der Waals surface area contributed by atoms with Crippen molar-refractivity contribution in [1.82, 2.24) is 0 Å². The fourth-order valence-corrected chi connectivity index (χ4v) is 3.60. The zero-order chi connectivity index (χ0) is 23.0. The molecule has 0 saturated heterocycles. The average Bonchev–Trinajstić information content (AvgIpc) is 3.02. The Morgan fingerprint density at radius 3 is 2.38 bits per heavy atom. The second-order valence-electron chi connectivity index (χ2n) is 7.06. The van der Waals surface area contributed by atoms with E-state index >= 15 is 0 Å². The van der Waals surface area contributed by atoms with Gasteiger partial charge in [0.1, 0.15) is 23.1 Å². The average molecular weight is 455 g/mol. The first kappa shape index (κ1) is 21.5. The van der Waals surface area contributed by atoms with Crippen LogP contribution < -0.4 is 15.0 Å². The van der Waals surface area contributed by atoms with Gasteiger partial charge >= 0.3 is 0 Å². The van der Waals surface area contributed by atoms with E-state index in [1.807, 2.05) is 0 Å². The predicted molar refractivity (Wildman–Crippen MR) is 119 cm³/mol. The minimum absolute atomic E-state index is 0.0145. The van der Waals surface area contributed by atoms with E-state index in [1.165, 1.54) is 7.11 Å². The van der Waals surface area contributed by atoms with Gasteiger partial charge in [-0.2, -0.15) is 0 Å². The highest BCUT2D eigenvalue weighted by atomic mass is 35.5. The number of anilines is 2. The van der Waals surface area contributed by atoms with Crippen LogP contribution in [0.15, 0.2) is 66.4 Å². The smallest absolute Gasteiger partial charge is 0.282 e. The normalized spacial score (nSPS) is 13.7. The number of benzene rings is 3. The van der Waals surface area contributed by atoms with E-state index in [9.17, 15) is 18.4 Å². The molecule has 4 rings (SSSR count). The molecule has 0 fully saturated rings. The van der Waals surface area contributed by atoms with Crippen molar-refractivity contribution in [2.45, 2.75) is 6.92 Å². The molecule has 5 nitrogen and oxygen atoms in total. The molecule has 1 aliphatic heterocycles. The number of hydrogen-bond acceptors (Lipinski definition) is 4. The lowest BCUT2D eigenvalue weighted by Crippen LogP contribution is -2.33. The van der Waals surface area contributed by atoms with Crippen LogP contribution in [0, 0.1) is 18.6 Å². The summed E-state index contributed by atoms with van der Waals surface area (Å²) < 4.78 is 33.5. The van der Waals surface area contributed by atoms with Crippen molar-refractivity contribution in [3.8, 4) is 5.75 Å². The summed E-state index contributed by atoms with van der Waals surface area (Å²) in [7, 11) is 1.50. The molecule has 0 aliphatic carbocycles. The maximum absolute atomic E-state index is 14.5. The second-order valence-corrected chi connectivity index (χ2v) is 7.46. The second kappa shape index (κ2) is 8.43. The lowest BCUT2D eigenvalue weighted by atomic mass is 10.0. The van der Waals surface area contributed by atoms with Gasteiger partial charge in [-0.1, -0.05) is 29.8 Å². The van der Waals surface area contributed by atoms with Crippen LogP contribution >= 0.6 is 11.6 Å². The Kier molecular flexibility index (Phi) is 5.67. The number of imide groups is 1. The number of halogens is 3. The molecule has 1 heterocycles. The number of rotatable bonds is 5. The first-order valence-corrected chi connectivity index (χ1v) is 9.94. The molecule has 0 saturated carbocycles. The van der Waals surface area contributed by atoms with Gasteiger partial charge < -0.3 is 10.1 Å². The Morgan fingerprint density at radius 1 is 0.969 bits per heavy atom. The summed E-state index contributed by atoms with van der Waals surface area (Å²) in [4.78, 5) is 27.3.